The molecule has 0 atom stereocenters. The fraction of sp³-hybridized carbons (Fsp3) is 0.0870. The first kappa shape index (κ1) is 24.7. The number of halogens is 1. The van der Waals surface area contributed by atoms with Crippen LogP contribution < -0.4 is 24.8 Å². The van der Waals surface area contributed by atoms with Gasteiger partial charge in [-0.2, -0.15) is 0 Å². The lowest BCUT2D eigenvalue weighted by molar-refractivity contribution is 0.0697. The number of carboxylic acid groups (broad SMARTS) is 1. The summed E-state index contributed by atoms with van der Waals surface area (Å²) in [6, 6.07) is 14.9. The van der Waals surface area contributed by atoms with Crippen molar-refractivity contribution in [1.82, 2.24) is 4.72 Å². The lowest BCUT2D eigenvalue weighted by Crippen LogP contribution is -2.22. The number of hydrogen-bond acceptors (Lipinski definition) is 6. The van der Waals surface area contributed by atoms with Crippen LogP contribution in [0, 0.1) is 0 Å². The van der Waals surface area contributed by atoms with Crippen LogP contribution in [0.3, 0.4) is 0 Å². The predicted octanol–water partition coefficient (Wildman–Crippen LogP) is 5.14. The van der Waals surface area contributed by atoms with Crippen LogP contribution in [0.1, 0.15) is 20.7 Å². The third-order valence-corrected chi connectivity index (χ3v) is 5.59. The van der Waals surface area contributed by atoms with E-state index in [9.17, 15) is 14.4 Å². The van der Waals surface area contributed by atoms with E-state index in [2.05, 4.69) is 15.4 Å². The number of anilines is 2. The number of aromatic carboxylic acids is 1. The number of urea groups is 1. The SMILES string of the molecule is COc1cc(OC)c(SNC(=O)Nc2ccc(NC(=O)c3cccc(C(=O)O)c3)cc2)cc1Cl. The van der Waals surface area contributed by atoms with Crippen LogP contribution in [0.4, 0.5) is 16.2 Å². The number of rotatable bonds is 8. The van der Waals surface area contributed by atoms with E-state index in [0.29, 0.717) is 32.8 Å². The molecule has 3 aromatic carbocycles. The molecule has 0 radical (unpaired) electrons. The summed E-state index contributed by atoms with van der Waals surface area (Å²) in [5.74, 6) is -0.630. The Morgan fingerprint density at radius 3 is 2.09 bits per heavy atom. The van der Waals surface area contributed by atoms with Crippen molar-refractivity contribution < 1.29 is 29.0 Å². The molecule has 0 saturated carbocycles. The molecule has 3 aromatic rings. The normalized spacial score (nSPS) is 10.2. The number of hydrogen-bond donors (Lipinski definition) is 4. The second kappa shape index (κ2) is 11.3. The average molecular weight is 502 g/mol. The third-order valence-electron chi connectivity index (χ3n) is 4.46. The summed E-state index contributed by atoms with van der Waals surface area (Å²) < 4.78 is 13.1. The summed E-state index contributed by atoms with van der Waals surface area (Å²) >= 11 is 7.16. The van der Waals surface area contributed by atoms with E-state index in [1.165, 1.54) is 38.5 Å². The molecule has 11 heteroatoms. The van der Waals surface area contributed by atoms with Crippen LogP contribution in [0.5, 0.6) is 11.5 Å². The first-order valence-corrected chi connectivity index (χ1v) is 10.9. The van der Waals surface area contributed by atoms with Crippen molar-refractivity contribution in [2.24, 2.45) is 0 Å². The second-order valence-corrected chi connectivity index (χ2v) is 7.97. The predicted molar refractivity (Wildman–Crippen MR) is 130 cm³/mol. The van der Waals surface area contributed by atoms with Gasteiger partial charge in [-0.1, -0.05) is 17.7 Å². The van der Waals surface area contributed by atoms with Crippen molar-refractivity contribution in [3.05, 3.63) is 76.8 Å². The van der Waals surface area contributed by atoms with Crippen molar-refractivity contribution in [2.75, 3.05) is 24.9 Å². The number of methoxy groups -OCH3 is 2. The Hall–Kier alpha value is -3.89. The minimum atomic E-state index is -1.12. The number of ether oxygens (including phenoxy) is 2. The molecule has 0 fully saturated rings. The van der Waals surface area contributed by atoms with Gasteiger partial charge in [-0.05, 0) is 60.5 Å². The van der Waals surface area contributed by atoms with E-state index in [1.807, 2.05) is 0 Å². The number of carboxylic acids is 1. The summed E-state index contributed by atoms with van der Waals surface area (Å²) in [7, 11) is 2.99. The summed E-state index contributed by atoms with van der Waals surface area (Å²) in [6.45, 7) is 0. The van der Waals surface area contributed by atoms with E-state index < -0.39 is 17.9 Å². The van der Waals surface area contributed by atoms with Gasteiger partial charge >= 0.3 is 12.0 Å². The molecule has 0 bridgehead atoms. The zero-order chi connectivity index (χ0) is 24.7. The zero-order valence-electron chi connectivity index (χ0n) is 18.0. The molecule has 176 valence electrons. The van der Waals surface area contributed by atoms with E-state index in [4.69, 9.17) is 26.2 Å². The Morgan fingerprint density at radius 2 is 1.47 bits per heavy atom. The highest BCUT2D eigenvalue weighted by Gasteiger charge is 2.13. The van der Waals surface area contributed by atoms with Gasteiger partial charge in [0.1, 0.15) is 11.5 Å². The highest BCUT2D eigenvalue weighted by molar-refractivity contribution is 7.98. The lowest BCUT2D eigenvalue weighted by Gasteiger charge is -2.12. The molecule has 0 heterocycles. The Labute approximate surface area is 204 Å². The highest BCUT2D eigenvalue weighted by Crippen LogP contribution is 2.37. The molecule has 3 amide bonds. The first-order chi connectivity index (χ1) is 16.3. The number of nitrogens with one attached hydrogen (secondary N) is 3. The first-order valence-electron chi connectivity index (χ1n) is 9.71. The van der Waals surface area contributed by atoms with Crippen molar-refractivity contribution in [1.29, 1.82) is 0 Å². The Balaban J connectivity index is 1.57. The lowest BCUT2D eigenvalue weighted by atomic mass is 10.1. The van der Waals surface area contributed by atoms with Crippen LogP contribution >= 0.6 is 23.5 Å². The standard InChI is InChI=1S/C23H20ClN3O6S/c1-32-18-12-19(33-2)20(11-17(18)24)34-27-23(31)26-16-8-6-15(7-9-16)25-21(28)13-4-3-5-14(10-13)22(29)30/h3-12H,1-2H3,(H,25,28)(H,29,30)(H2,26,27,31). The fourth-order valence-electron chi connectivity index (χ4n) is 2.80. The fourth-order valence-corrected chi connectivity index (χ4v) is 3.78. The second-order valence-electron chi connectivity index (χ2n) is 6.71. The van der Waals surface area contributed by atoms with E-state index in [0.717, 1.165) is 11.9 Å². The van der Waals surface area contributed by atoms with E-state index in [-0.39, 0.29) is 11.1 Å². The molecule has 9 nitrogen and oxygen atoms in total. The molecule has 0 unspecified atom stereocenters. The molecule has 0 spiro atoms. The van der Waals surface area contributed by atoms with E-state index in [1.54, 1.807) is 36.4 Å². The molecule has 0 saturated heterocycles. The largest absolute Gasteiger partial charge is 0.495 e. The minimum Gasteiger partial charge on any atom is -0.495 e. The highest BCUT2D eigenvalue weighted by atomic mass is 35.5. The van der Waals surface area contributed by atoms with Gasteiger partial charge in [-0.25, -0.2) is 9.59 Å². The van der Waals surface area contributed by atoms with E-state index >= 15 is 0 Å². The molecule has 34 heavy (non-hydrogen) atoms. The maximum absolute atomic E-state index is 12.4. The molecule has 0 aromatic heterocycles. The smallest absolute Gasteiger partial charge is 0.335 e. The summed E-state index contributed by atoms with van der Waals surface area (Å²) in [5.41, 5.74) is 1.20. The van der Waals surface area contributed by atoms with Gasteiger partial charge in [-0.3, -0.25) is 9.52 Å². The molecule has 4 N–H and O–H groups in total. The van der Waals surface area contributed by atoms with Crippen LogP contribution in [0.2, 0.25) is 5.02 Å². The van der Waals surface area contributed by atoms with Crippen molar-refractivity contribution >= 4 is 52.8 Å². The average Bonchev–Trinajstić information content (AvgIpc) is 2.84. The van der Waals surface area contributed by atoms with Gasteiger partial charge in [0.05, 0.1) is 29.7 Å². The van der Waals surface area contributed by atoms with Gasteiger partial charge in [0.15, 0.2) is 0 Å². The van der Waals surface area contributed by atoms with Crippen LogP contribution in [-0.4, -0.2) is 37.2 Å². The third kappa shape index (κ3) is 6.33. The van der Waals surface area contributed by atoms with Crippen LogP contribution in [0.25, 0.3) is 0 Å². The van der Waals surface area contributed by atoms with Crippen molar-refractivity contribution in [2.45, 2.75) is 4.90 Å². The Morgan fingerprint density at radius 1 is 0.853 bits per heavy atom. The quantitative estimate of drug-likeness (QED) is 0.315. The maximum atomic E-state index is 12.4. The Kier molecular flexibility index (Phi) is 8.23. The summed E-state index contributed by atoms with van der Waals surface area (Å²) in [6.07, 6.45) is 0. The minimum absolute atomic E-state index is 0.0191. The van der Waals surface area contributed by atoms with Crippen molar-refractivity contribution in [3.8, 4) is 11.5 Å². The maximum Gasteiger partial charge on any atom is 0.335 e. The number of amides is 3. The Bertz CT molecular complexity index is 1220. The van der Waals surface area contributed by atoms with Gasteiger partial charge in [0.25, 0.3) is 5.91 Å². The molecular weight excluding hydrogens is 482 g/mol. The molecular formula is C23H20ClN3O6S. The van der Waals surface area contributed by atoms with Crippen LogP contribution in [0.15, 0.2) is 65.6 Å². The molecule has 0 aliphatic rings. The van der Waals surface area contributed by atoms with Gasteiger partial charge < -0.3 is 25.2 Å². The number of benzene rings is 3. The van der Waals surface area contributed by atoms with Gasteiger partial charge in [0, 0.05) is 23.0 Å². The summed E-state index contributed by atoms with van der Waals surface area (Å²) in [4.78, 5) is 36.3. The zero-order valence-corrected chi connectivity index (χ0v) is 19.6. The van der Waals surface area contributed by atoms with Crippen molar-refractivity contribution in [3.63, 3.8) is 0 Å². The topological polar surface area (TPSA) is 126 Å². The number of carbonyl (C=O) groups excluding carboxylic acids is 2. The molecule has 0 aliphatic carbocycles. The molecule has 0 aliphatic heterocycles. The summed E-state index contributed by atoms with van der Waals surface area (Å²) in [5, 5.41) is 14.8. The monoisotopic (exact) mass is 501 g/mol. The number of carbonyl (C=O) groups is 3. The molecule has 3 rings (SSSR count). The van der Waals surface area contributed by atoms with Gasteiger partial charge in [-0.15, -0.1) is 0 Å². The van der Waals surface area contributed by atoms with Gasteiger partial charge in [0.2, 0.25) is 0 Å². The van der Waals surface area contributed by atoms with Crippen LogP contribution in [-0.2, 0) is 0 Å².